The van der Waals surface area contributed by atoms with E-state index in [-0.39, 0.29) is 17.1 Å². The van der Waals surface area contributed by atoms with Crippen molar-refractivity contribution in [3.8, 4) is 0 Å². The number of aryl methyl sites for hydroxylation is 1. The van der Waals surface area contributed by atoms with Crippen LogP contribution in [0.1, 0.15) is 27.1 Å². The standard InChI is InChI=1S/C16H12BrClN4OS2/c1-8-19-20-16-22(8)21-13(9-2-4-10(18)5-3-9)15(25-16)14(23)11-6-7-12(17)24-11/h2-7,13,15,21H,1H3/t13-,15-/m0/s1. The Labute approximate surface area is 165 Å². The van der Waals surface area contributed by atoms with E-state index in [0.29, 0.717) is 10.2 Å². The third-order valence-electron chi connectivity index (χ3n) is 3.90. The maximum absolute atomic E-state index is 13.1. The molecule has 0 radical (unpaired) electrons. The van der Waals surface area contributed by atoms with E-state index in [1.54, 1.807) is 0 Å². The molecule has 1 aliphatic heterocycles. The van der Waals surface area contributed by atoms with Crippen molar-refractivity contribution < 1.29 is 4.79 Å². The predicted octanol–water partition coefficient (Wildman–Crippen LogP) is 4.71. The quantitative estimate of drug-likeness (QED) is 0.580. The lowest BCUT2D eigenvalue weighted by Gasteiger charge is -2.32. The molecule has 2 atom stereocenters. The molecule has 0 aliphatic carbocycles. The average molecular weight is 456 g/mol. The smallest absolute Gasteiger partial charge is 0.210 e. The first-order chi connectivity index (χ1) is 12.0. The molecule has 1 N–H and O–H groups in total. The van der Waals surface area contributed by atoms with Crippen LogP contribution in [0.2, 0.25) is 5.02 Å². The fourth-order valence-corrected chi connectivity index (χ4v) is 5.43. The average Bonchev–Trinajstić information content (AvgIpc) is 3.20. The minimum atomic E-state index is -0.345. The summed E-state index contributed by atoms with van der Waals surface area (Å²) in [5.74, 6) is 0.825. The Morgan fingerprint density at radius 1 is 1.24 bits per heavy atom. The molecule has 0 spiro atoms. The van der Waals surface area contributed by atoms with Gasteiger partial charge in [0.25, 0.3) is 0 Å². The Bertz CT molecular complexity index is 940. The number of Topliss-reactive ketones (excluding diaryl/α,β-unsaturated/α-hetero) is 1. The van der Waals surface area contributed by atoms with Crippen LogP contribution in [0.4, 0.5) is 0 Å². The van der Waals surface area contributed by atoms with Crippen LogP contribution in [0.15, 0.2) is 45.3 Å². The number of ketones is 1. The van der Waals surface area contributed by atoms with Crippen LogP contribution in [0, 0.1) is 6.92 Å². The minimum Gasteiger partial charge on any atom is -0.313 e. The van der Waals surface area contributed by atoms with E-state index in [9.17, 15) is 4.79 Å². The van der Waals surface area contributed by atoms with Crippen molar-refractivity contribution in [1.29, 1.82) is 0 Å². The number of carbonyl (C=O) groups is 1. The van der Waals surface area contributed by atoms with Crippen molar-refractivity contribution in [2.24, 2.45) is 0 Å². The highest BCUT2D eigenvalue weighted by Crippen LogP contribution is 2.40. The third kappa shape index (κ3) is 3.23. The van der Waals surface area contributed by atoms with Crippen molar-refractivity contribution in [1.82, 2.24) is 14.9 Å². The zero-order valence-electron chi connectivity index (χ0n) is 12.9. The molecule has 25 heavy (non-hydrogen) atoms. The van der Waals surface area contributed by atoms with Gasteiger partial charge < -0.3 is 5.43 Å². The molecule has 2 aromatic heterocycles. The second-order valence-corrected chi connectivity index (χ2v) is 9.54. The van der Waals surface area contributed by atoms with E-state index in [2.05, 4.69) is 31.6 Å². The molecule has 0 fully saturated rings. The highest BCUT2D eigenvalue weighted by Gasteiger charge is 2.38. The monoisotopic (exact) mass is 454 g/mol. The Kier molecular flexibility index (Phi) is 4.61. The first-order valence-corrected chi connectivity index (χ1v) is 10.3. The molecule has 0 unspecified atom stereocenters. The van der Waals surface area contributed by atoms with E-state index < -0.39 is 0 Å². The maximum Gasteiger partial charge on any atom is 0.210 e. The summed E-state index contributed by atoms with van der Waals surface area (Å²) in [6.07, 6.45) is 0. The van der Waals surface area contributed by atoms with E-state index in [1.807, 2.05) is 48.0 Å². The Morgan fingerprint density at radius 3 is 2.68 bits per heavy atom. The fourth-order valence-electron chi connectivity index (χ4n) is 2.67. The van der Waals surface area contributed by atoms with Crippen LogP contribution < -0.4 is 5.43 Å². The first-order valence-electron chi connectivity index (χ1n) is 7.43. The van der Waals surface area contributed by atoms with Crippen molar-refractivity contribution in [2.75, 3.05) is 5.43 Å². The van der Waals surface area contributed by atoms with Crippen LogP contribution in [0.25, 0.3) is 0 Å². The molecule has 9 heteroatoms. The van der Waals surface area contributed by atoms with Gasteiger partial charge in [-0.3, -0.25) is 4.79 Å². The summed E-state index contributed by atoms with van der Waals surface area (Å²) < 4.78 is 2.77. The summed E-state index contributed by atoms with van der Waals surface area (Å²) in [6.45, 7) is 1.88. The molecule has 1 aromatic carbocycles. The number of thioether (sulfide) groups is 1. The van der Waals surface area contributed by atoms with Crippen molar-refractivity contribution in [3.05, 3.63) is 61.5 Å². The summed E-state index contributed by atoms with van der Waals surface area (Å²) in [7, 11) is 0. The number of halogens is 2. The summed E-state index contributed by atoms with van der Waals surface area (Å²) in [4.78, 5) is 13.8. The second-order valence-electron chi connectivity index (χ2n) is 5.53. The molecule has 3 heterocycles. The van der Waals surface area contributed by atoms with Crippen LogP contribution >= 0.6 is 50.6 Å². The van der Waals surface area contributed by atoms with E-state index in [4.69, 9.17) is 11.6 Å². The van der Waals surface area contributed by atoms with Crippen molar-refractivity contribution >= 4 is 56.4 Å². The molecule has 0 saturated carbocycles. The molecule has 4 rings (SSSR count). The van der Waals surface area contributed by atoms with Gasteiger partial charge in [0.2, 0.25) is 5.16 Å². The van der Waals surface area contributed by atoms with Gasteiger partial charge in [0, 0.05) is 5.02 Å². The number of hydrogen-bond acceptors (Lipinski definition) is 6. The van der Waals surface area contributed by atoms with E-state index >= 15 is 0 Å². The van der Waals surface area contributed by atoms with Crippen molar-refractivity contribution in [2.45, 2.75) is 23.4 Å². The lowest BCUT2D eigenvalue weighted by atomic mass is 10.0. The number of rotatable bonds is 3. The topological polar surface area (TPSA) is 59.8 Å². The van der Waals surface area contributed by atoms with Gasteiger partial charge in [-0.15, -0.1) is 21.5 Å². The third-order valence-corrected chi connectivity index (χ3v) is 7.01. The number of aromatic nitrogens is 3. The number of fused-ring (bicyclic) bond motifs is 1. The highest BCUT2D eigenvalue weighted by molar-refractivity contribution is 9.11. The molecular weight excluding hydrogens is 444 g/mol. The molecule has 0 amide bonds. The highest BCUT2D eigenvalue weighted by atomic mass is 79.9. The number of benzene rings is 1. The van der Waals surface area contributed by atoms with Crippen molar-refractivity contribution in [3.63, 3.8) is 0 Å². The molecule has 5 nitrogen and oxygen atoms in total. The Morgan fingerprint density at radius 2 is 2.00 bits per heavy atom. The van der Waals surface area contributed by atoms with Gasteiger partial charge in [-0.1, -0.05) is 35.5 Å². The van der Waals surface area contributed by atoms with Gasteiger partial charge in [0.15, 0.2) is 5.78 Å². The maximum atomic E-state index is 13.1. The molecule has 1 aliphatic rings. The number of nitrogens with one attached hydrogen (secondary N) is 1. The van der Waals surface area contributed by atoms with Crippen LogP contribution in [-0.4, -0.2) is 25.9 Å². The van der Waals surface area contributed by atoms with Crippen LogP contribution in [-0.2, 0) is 0 Å². The fraction of sp³-hybridized carbons (Fsp3) is 0.188. The van der Waals surface area contributed by atoms with E-state index in [0.717, 1.165) is 20.1 Å². The molecule has 0 bridgehead atoms. The summed E-state index contributed by atoms with van der Waals surface area (Å²) >= 11 is 12.3. The van der Waals surface area contributed by atoms with Gasteiger partial charge in [-0.2, -0.15) is 0 Å². The number of hydrogen-bond donors (Lipinski definition) is 1. The lowest BCUT2D eigenvalue weighted by Crippen LogP contribution is -2.38. The Balaban J connectivity index is 1.75. The zero-order chi connectivity index (χ0) is 17.6. The number of thiophene rings is 1. The normalized spacial score (nSPS) is 19.3. The van der Waals surface area contributed by atoms with Gasteiger partial charge in [-0.05, 0) is 52.7 Å². The van der Waals surface area contributed by atoms with E-state index in [1.165, 1.54) is 23.1 Å². The SMILES string of the molecule is Cc1nnc2n1N[C@@H](c1ccc(Cl)cc1)[C@@H](C(=O)c1ccc(Br)s1)S2. The minimum absolute atomic E-state index is 0.0695. The zero-order valence-corrected chi connectivity index (χ0v) is 16.9. The Hall–Kier alpha value is -1.35. The number of nitrogens with zero attached hydrogens (tertiary/aromatic N) is 3. The van der Waals surface area contributed by atoms with Gasteiger partial charge >= 0.3 is 0 Å². The summed E-state index contributed by atoms with van der Waals surface area (Å²) in [6, 6.07) is 11.1. The predicted molar refractivity (Wildman–Crippen MR) is 104 cm³/mol. The molecule has 0 saturated heterocycles. The van der Waals surface area contributed by atoms with Gasteiger partial charge in [0.05, 0.1) is 14.7 Å². The van der Waals surface area contributed by atoms with Crippen LogP contribution in [0.5, 0.6) is 0 Å². The summed E-state index contributed by atoms with van der Waals surface area (Å²) in [5, 5.41) is 9.28. The molecular formula is C16H12BrClN4OS2. The molecule has 3 aromatic rings. The summed E-state index contributed by atoms with van der Waals surface area (Å²) in [5.41, 5.74) is 4.38. The number of carbonyl (C=O) groups excluding carboxylic acids is 1. The van der Waals surface area contributed by atoms with Crippen LogP contribution in [0.3, 0.4) is 0 Å². The molecule has 128 valence electrons. The largest absolute Gasteiger partial charge is 0.313 e. The van der Waals surface area contributed by atoms with Gasteiger partial charge in [-0.25, -0.2) is 4.68 Å². The lowest BCUT2D eigenvalue weighted by molar-refractivity contribution is 0.0984. The first kappa shape index (κ1) is 17.1. The second kappa shape index (κ2) is 6.75. The van der Waals surface area contributed by atoms with Gasteiger partial charge in [0.1, 0.15) is 11.1 Å².